The lowest BCUT2D eigenvalue weighted by Crippen LogP contribution is -2.21. The van der Waals surface area contributed by atoms with Crippen molar-refractivity contribution in [2.45, 2.75) is 13.3 Å². The molecular weight excluding hydrogens is 264 g/mol. The molecule has 5 heteroatoms. The predicted octanol–water partition coefficient (Wildman–Crippen LogP) is 2.87. The van der Waals surface area contributed by atoms with Gasteiger partial charge < -0.3 is 4.98 Å². The van der Waals surface area contributed by atoms with Crippen molar-refractivity contribution in [3.63, 3.8) is 0 Å². The molecule has 1 aromatic carbocycles. The quantitative estimate of drug-likeness (QED) is 0.643. The van der Waals surface area contributed by atoms with Gasteiger partial charge in [-0.15, -0.1) is 11.6 Å². The Labute approximate surface area is 115 Å². The number of alkyl halides is 1. The van der Waals surface area contributed by atoms with E-state index < -0.39 is 11.6 Å². The van der Waals surface area contributed by atoms with Crippen LogP contribution in [0.4, 0.5) is 0 Å². The van der Waals surface area contributed by atoms with E-state index in [2.05, 4.69) is 21.6 Å². The molecule has 1 aliphatic carbocycles. The second-order valence-electron chi connectivity index (χ2n) is 3.96. The fraction of sp³-hybridized carbons (Fsp3) is 0.214. The smallest absolute Gasteiger partial charge is 0.251 e. The van der Waals surface area contributed by atoms with E-state index in [1.807, 2.05) is 19.1 Å². The monoisotopic (exact) mass is 276 g/mol. The van der Waals surface area contributed by atoms with Crippen molar-refractivity contribution in [2.75, 3.05) is 6.38 Å². The van der Waals surface area contributed by atoms with Crippen molar-refractivity contribution in [3.8, 4) is 11.3 Å². The minimum absolute atomic E-state index is 0.325. The number of imidazole rings is 1. The molecule has 1 aromatic heterocycles. The number of benzene rings is 1. The van der Waals surface area contributed by atoms with Crippen molar-refractivity contribution in [2.24, 2.45) is 0 Å². The predicted molar refractivity (Wildman–Crippen MR) is 73.8 cm³/mol. The first-order valence-corrected chi connectivity index (χ1v) is 6.63. The van der Waals surface area contributed by atoms with Crippen LogP contribution in [-0.4, -0.2) is 27.9 Å². The zero-order chi connectivity index (χ0) is 14.0. The molecule has 0 radical (unpaired) electrons. The van der Waals surface area contributed by atoms with Crippen molar-refractivity contribution in [1.29, 1.82) is 0 Å². The number of aryl methyl sites for hydroxylation is 1. The van der Waals surface area contributed by atoms with Crippen LogP contribution < -0.4 is 0 Å². The number of aromatic nitrogens is 2. The first-order chi connectivity index (χ1) is 9.22. The number of ketones is 2. The Morgan fingerprint density at radius 1 is 1.11 bits per heavy atom. The summed E-state index contributed by atoms with van der Waals surface area (Å²) in [7, 11) is 0. The van der Waals surface area contributed by atoms with Gasteiger partial charge in [-0.25, -0.2) is 4.98 Å². The highest BCUT2D eigenvalue weighted by molar-refractivity contribution is 6.52. The average molecular weight is 277 g/mol. The average Bonchev–Trinajstić information content (AvgIpc) is 2.91. The number of aromatic amines is 1. The van der Waals surface area contributed by atoms with Crippen LogP contribution in [0.15, 0.2) is 24.3 Å². The van der Waals surface area contributed by atoms with Crippen molar-refractivity contribution in [3.05, 3.63) is 41.3 Å². The topological polar surface area (TPSA) is 62.8 Å². The van der Waals surface area contributed by atoms with Crippen molar-refractivity contribution in [1.82, 2.24) is 9.97 Å². The van der Waals surface area contributed by atoms with Crippen LogP contribution in [0.1, 0.15) is 33.6 Å². The van der Waals surface area contributed by atoms with Gasteiger partial charge in [-0.1, -0.05) is 31.2 Å². The highest BCUT2D eigenvalue weighted by Crippen LogP contribution is 2.31. The minimum atomic E-state index is -0.495. The SMILES string of the molecule is CCc1nc2c([nH]1)C(=O)C(=O)c1ccccc1-2.CCl. The summed E-state index contributed by atoms with van der Waals surface area (Å²) in [6.07, 6.45) is 2.18. The Morgan fingerprint density at radius 3 is 2.37 bits per heavy atom. The van der Waals surface area contributed by atoms with E-state index in [1.165, 1.54) is 6.38 Å². The molecule has 4 nitrogen and oxygen atoms in total. The number of rotatable bonds is 1. The molecule has 0 bridgehead atoms. The fourth-order valence-corrected chi connectivity index (χ4v) is 2.07. The number of carbonyl (C=O) groups is 2. The minimum Gasteiger partial charge on any atom is -0.339 e. The molecule has 0 saturated heterocycles. The van der Waals surface area contributed by atoms with Crippen LogP contribution in [0, 0.1) is 0 Å². The summed E-state index contributed by atoms with van der Waals surface area (Å²) in [5, 5.41) is 0. The van der Waals surface area contributed by atoms with E-state index in [0.717, 1.165) is 11.4 Å². The van der Waals surface area contributed by atoms with E-state index in [-0.39, 0.29) is 0 Å². The molecule has 19 heavy (non-hydrogen) atoms. The van der Waals surface area contributed by atoms with Crippen LogP contribution >= 0.6 is 11.6 Å². The van der Waals surface area contributed by atoms with Gasteiger partial charge in [-0.2, -0.15) is 0 Å². The van der Waals surface area contributed by atoms with Gasteiger partial charge in [0.05, 0.1) is 0 Å². The number of carbonyl (C=O) groups excluding carboxylic acids is 2. The van der Waals surface area contributed by atoms with E-state index in [0.29, 0.717) is 23.4 Å². The molecular formula is C14H13ClN2O2. The van der Waals surface area contributed by atoms with Gasteiger partial charge in [0, 0.05) is 23.9 Å². The molecule has 1 N–H and O–H groups in total. The van der Waals surface area contributed by atoms with Gasteiger partial charge in [0.15, 0.2) is 0 Å². The maximum atomic E-state index is 11.9. The van der Waals surface area contributed by atoms with Crippen LogP contribution in [0.25, 0.3) is 11.3 Å². The Hall–Kier alpha value is -1.94. The van der Waals surface area contributed by atoms with Gasteiger partial charge in [-0.3, -0.25) is 9.59 Å². The number of halogens is 1. The van der Waals surface area contributed by atoms with Crippen molar-refractivity contribution < 1.29 is 9.59 Å². The molecule has 0 unspecified atom stereocenters. The standard InChI is InChI=1S/C13H10N2O2.CH3Cl/c1-2-9-14-10-7-5-3-4-6-8(7)12(16)13(17)11(10)15-9;1-2/h3-6H,2H2,1H3,(H,14,15);1H3. The van der Waals surface area contributed by atoms with Gasteiger partial charge in [0.25, 0.3) is 5.78 Å². The van der Waals surface area contributed by atoms with Gasteiger partial charge in [0.1, 0.15) is 17.2 Å². The van der Waals surface area contributed by atoms with E-state index in [1.54, 1.807) is 12.1 Å². The summed E-state index contributed by atoms with van der Waals surface area (Å²) < 4.78 is 0. The summed E-state index contributed by atoms with van der Waals surface area (Å²) in [6, 6.07) is 7.08. The third-order valence-electron chi connectivity index (χ3n) is 2.95. The number of fused-ring (bicyclic) bond motifs is 3. The number of H-pyrrole nitrogens is 1. The third kappa shape index (κ3) is 2.08. The molecule has 0 atom stereocenters. The molecule has 0 amide bonds. The first-order valence-electron chi connectivity index (χ1n) is 5.87. The van der Waals surface area contributed by atoms with Crippen LogP contribution in [-0.2, 0) is 6.42 Å². The highest BCUT2D eigenvalue weighted by Gasteiger charge is 2.32. The number of Topliss-reactive ketones (excluding diaryl/α,β-unsaturated/α-hetero) is 2. The summed E-state index contributed by atoms with van der Waals surface area (Å²) in [5.74, 6) is -0.224. The Kier molecular flexibility index (Phi) is 3.81. The van der Waals surface area contributed by atoms with Gasteiger partial charge in [-0.05, 0) is 0 Å². The molecule has 2 aromatic rings. The van der Waals surface area contributed by atoms with Crippen LogP contribution in [0.3, 0.4) is 0 Å². The van der Waals surface area contributed by atoms with Gasteiger partial charge >= 0.3 is 0 Å². The fourth-order valence-electron chi connectivity index (χ4n) is 2.07. The van der Waals surface area contributed by atoms with E-state index >= 15 is 0 Å². The van der Waals surface area contributed by atoms with Crippen LogP contribution in [0.5, 0.6) is 0 Å². The first kappa shape index (κ1) is 13.5. The lowest BCUT2D eigenvalue weighted by Gasteiger charge is -2.11. The molecule has 0 fully saturated rings. The maximum absolute atomic E-state index is 11.9. The Morgan fingerprint density at radius 2 is 1.74 bits per heavy atom. The molecule has 0 saturated carbocycles. The number of hydrogen-bond donors (Lipinski definition) is 1. The Balaban J connectivity index is 0.000000637. The molecule has 0 aliphatic heterocycles. The lowest BCUT2D eigenvalue weighted by molar-refractivity contribution is 0.0812. The normalized spacial score (nSPS) is 12.4. The van der Waals surface area contributed by atoms with Gasteiger partial charge in [0.2, 0.25) is 5.78 Å². The zero-order valence-corrected chi connectivity index (χ0v) is 11.4. The van der Waals surface area contributed by atoms with E-state index in [9.17, 15) is 9.59 Å². The molecule has 0 spiro atoms. The second-order valence-corrected chi connectivity index (χ2v) is 3.96. The molecule has 3 rings (SSSR count). The lowest BCUT2D eigenvalue weighted by atomic mass is 9.90. The summed E-state index contributed by atoms with van der Waals surface area (Å²) in [6.45, 7) is 1.95. The zero-order valence-electron chi connectivity index (χ0n) is 10.7. The molecule has 98 valence electrons. The summed E-state index contributed by atoms with van der Waals surface area (Å²) in [5.41, 5.74) is 2.11. The molecule has 1 heterocycles. The number of hydrogen-bond acceptors (Lipinski definition) is 3. The molecule has 1 aliphatic rings. The second kappa shape index (κ2) is 5.36. The summed E-state index contributed by atoms with van der Waals surface area (Å²) in [4.78, 5) is 31.1. The van der Waals surface area contributed by atoms with Crippen molar-refractivity contribution >= 4 is 23.2 Å². The Bertz CT molecular complexity index is 647. The maximum Gasteiger partial charge on any atom is 0.251 e. The number of nitrogens with one attached hydrogen (secondary N) is 1. The largest absolute Gasteiger partial charge is 0.339 e. The van der Waals surface area contributed by atoms with Crippen LogP contribution in [0.2, 0.25) is 0 Å². The number of nitrogens with zero attached hydrogens (tertiary/aromatic N) is 1. The summed E-state index contributed by atoms with van der Waals surface area (Å²) >= 11 is 4.64. The van der Waals surface area contributed by atoms with E-state index in [4.69, 9.17) is 0 Å². The highest BCUT2D eigenvalue weighted by atomic mass is 35.5. The third-order valence-corrected chi connectivity index (χ3v) is 2.95.